The largest absolute Gasteiger partial charge is 0.314 e. The lowest BCUT2D eigenvalue weighted by atomic mass is 10.2. The molecule has 0 spiro atoms. The standard InChI is InChI=1S/C11H24N2/c1-3-11(2)12-7-6-10-13-8-4-5-9-13/h11-12H,3-10H2,1-2H3. The Morgan fingerprint density at radius 2 is 2.00 bits per heavy atom. The van der Waals surface area contributed by atoms with Gasteiger partial charge in [0.15, 0.2) is 0 Å². The first-order valence-electron chi connectivity index (χ1n) is 5.78. The zero-order chi connectivity index (χ0) is 9.52. The van der Waals surface area contributed by atoms with Crippen molar-refractivity contribution in [3.63, 3.8) is 0 Å². The van der Waals surface area contributed by atoms with Crippen LogP contribution in [0.25, 0.3) is 0 Å². The number of nitrogens with zero attached hydrogens (tertiary/aromatic N) is 1. The summed E-state index contributed by atoms with van der Waals surface area (Å²) < 4.78 is 0. The molecule has 1 aliphatic heterocycles. The summed E-state index contributed by atoms with van der Waals surface area (Å²) in [7, 11) is 0. The molecule has 0 aromatic carbocycles. The average molecular weight is 184 g/mol. The summed E-state index contributed by atoms with van der Waals surface area (Å²) in [4.78, 5) is 2.58. The lowest BCUT2D eigenvalue weighted by Gasteiger charge is -2.16. The van der Waals surface area contributed by atoms with Crippen LogP contribution in [-0.2, 0) is 0 Å². The van der Waals surface area contributed by atoms with E-state index in [1.54, 1.807) is 0 Å². The van der Waals surface area contributed by atoms with Crippen molar-refractivity contribution in [2.24, 2.45) is 0 Å². The predicted octanol–water partition coefficient (Wildman–Crippen LogP) is 1.86. The molecule has 1 atom stereocenters. The summed E-state index contributed by atoms with van der Waals surface area (Å²) in [5.41, 5.74) is 0. The van der Waals surface area contributed by atoms with E-state index in [2.05, 4.69) is 24.1 Å². The fourth-order valence-electron chi connectivity index (χ4n) is 1.80. The van der Waals surface area contributed by atoms with Crippen LogP contribution in [0.3, 0.4) is 0 Å². The van der Waals surface area contributed by atoms with Crippen LogP contribution in [0.4, 0.5) is 0 Å². The van der Waals surface area contributed by atoms with Gasteiger partial charge in [-0.2, -0.15) is 0 Å². The first kappa shape index (κ1) is 11.0. The van der Waals surface area contributed by atoms with Crippen molar-refractivity contribution >= 4 is 0 Å². The summed E-state index contributed by atoms with van der Waals surface area (Å²) in [6.45, 7) is 9.65. The number of rotatable bonds is 6. The van der Waals surface area contributed by atoms with Gasteiger partial charge in [-0.3, -0.25) is 0 Å². The average Bonchev–Trinajstić information content (AvgIpc) is 2.64. The Hall–Kier alpha value is -0.0800. The molecule has 1 rings (SSSR count). The Kier molecular flexibility index (Phi) is 5.40. The Labute approximate surface area is 82.7 Å². The third kappa shape index (κ3) is 4.63. The van der Waals surface area contributed by atoms with Crippen molar-refractivity contribution in [2.45, 2.75) is 45.6 Å². The highest BCUT2D eigenvalue weighted by atomic mass is 15.1. The van der Waals surface area contributed by atoms with Gasteiger partial charge in [0.25, 0.3) is 0 Å². The first-order valence-corrected chi connectivity index (χ1v) is 5.78. The zero-order valence-corrected chi connectivity index (χ0v) is 9.18. The number of nitrogens with one attached hydrogen (secondary N) is 1. The van der Waals surface area contributed by atoms with E-state index in [1.165, 1.54) is 51.9 Å². The lowest BCUT2D eigenvalue weighted by molar-refractivity contribution is 0.328. The number of hydrogen-bond donors (Lipinski definition) is 1. The van der Waals surface area contributed by atoms with Gasteiger partial charge in [0.1, 0.15) is 0 Å². The SMILES string of the molecule is CCC(C)NCCCN1CCCC1. The molecule has 0 aromatic heterocycles. The van der Waals surface area contributed by atoms with Crippen LogP contribution in [0.1, 0.15) is 39.5 Å². The number of likely N-dealkylation sites (tertiary alicyclic amines) is 1. The Morgan fingerprint density at radius 1 is 1.31 bits per heavy atom. The molecule has 0 amide bonds. The minimum Gasteiger partial charge on any atom is -0.314 e. The predicted molar refractivity (Wildman–Crippen MR) is 58.0 cm³/mol. The van der Waals surface area contributed by atoms with Crippen LogP contribution >= 0.6 is 0 Å². The monoisotopic (exact) mass is 184 g/mol. The van der Waals surface area contributed by atoms with Crippen molar-refractivity contribution < 1.29 is 0 Å². The van der Waals surface area contributed by atoms with Gasteiger partial charge in [-0.15, -0.1) is 0 Å². The molecule has 1 saturated heterocycles. The molecule has 0 saturated carbocycles. The summed E-state index contributed by atoms with van der Waals surface area (Å²) >= 11 is 0. The highest BCUT2D eigenvalue weighted by Crippen LogP contribution is 2.06. The normalized spacial score (nSPS) is 20.8. The van der Waals surface area contributed by atoms with Crippen molar-refractivity contribution in [3.05, 3.63) is 0 Å². The van der Waals surface area contributed by atoms with E-state index in [0.717, 1.165) is 0 Å². The quantitative estimate of drug-likeness (QED) is 0.634. The molecule has 1 fully saturated rings. The highest BCUT2D eigenvalue weighted by Gasteiger charge is 2.09. The molecule has 1 heterocycles. The van der Waals surface area contributed by atoms with Crippen LogP contribution in [0.15, 0.2) is 0 Å². The third-order valence-corrected chi connectivity index (χ3v) is 2.95. The van der Waals surface area contributed by atoms with E-state index in [0.29, 0.717) is 6.04 Å². The fraction of sp³-hybridized carbons (Fsp3) is 1.00. The molecular weight excluding hydrogens is 160 g/mol. The van der Waals surface area contributed by atoms with Gasteiger partial charge in [-0.25, -0.2) is 0 Å². The molecule has 1 unspecified atom stereocenters. The van der Waals surface area contributed by atoms with Crippen LogP contribution in [0, 0.1) is 0 Å². The van der Waals surface area contributed by atoms with Crippen molar-refractivity contribution in [2.75, 3.05) is 26.2 Å². The van der Waals surface area contributed by atoms with E-state index >= 15 is 0 Å². The Morgan fingerprint density at radius 3 is 2.62 bits per heavy atom. The fourth-order valence-corrected chi connectivity index (χ4v) is 1.80. The van der Waals surface area contributed by atoms with E-state index < -0.39 is 0 Å². The van der Waals surface area contributed by atoms with Crippen molar-refractivity contribution in [1.29, 1.82) is 0 Å². The van der Waals surface area contributed by atoms with Crippen LogP contribution in [0.2, 0.25) is 0 Å². The molecule has 1 aliphatic rings. The van der Waals surface area contributed by atoms with Gasteiger partial charge < -0.3 is 10.2 Å². The maximum Gasteiger partial charge on any atom is 0.00361 e. The van der Waals surface area contributed by atoms with E-state index in [1.807, 2.05) is 0 Å². The molecular formula is C11H24N2. The topological polar surface area (TPSA) is 15.3 Å². The molecule has 0 aromatic rings. The van der Waals surface area contributed by atoms with E-state index in [9.17, 15) is 0 Å². The summed E-state index contributed by atoms with van der Waals surface area (Å²) in [5, 5.41) is 3.53. The third-order valence-electron chi connectivity index (χ3n) is 2.95. The van der Waals surface area contributed by atoms with Gasteiger partial charge in [0, 0.05) is 6.04 Å². The van der Waals surface area contributed by atoms with Crippen molar-refractivity contribution in [1.82, 2.24) is 10.2 Å². The van der Waals surface area contributed by atoms with Gasteiger partial charge in [-0.1, -0.05) is 6.92 Å². The van der Waals surface area contributed by atoms with E-state index in [4.69, 9.17) is 0 Å². The van der Waals surface area contributed by atoms with Crippen LogP contribution in [0.5, 0.6) is 0 Å². The van der Waals surface area contributed by atoms with Crippen LogP contribution < -0.4 is 5.32 Å². The molecule has 78 valence electrons. The first-order chi connectivity index (χ1) is 6.33. The maximum absolute atomic E-state index is 3.53. The molecule has 0 bridgehead atoms. The summed E-state index contributed by atoms with van der Waals surface area (Å²) in [5.74, 6) is 0. The Balaban J connectivity index is 1.88. The smallest absolute Gasteiger partial charge is 0.00361 e. The molecule has 2 nitrogen and oxygen atoms in total. The van der Waals surface area contributed by atoms with Gasteiger partial charge in [0.2, 0.25) is 0 Å². The van der Waals surface area contributed by atoms with E-state index in [-0.39, 0.29) is 0 Å². The van der Waals surface area contributed by atoms with Gasteiger partial charge in [0.05, 0.1) is 0 Å². The molecule has 1 N–H and O–H groups in total. The highest BCUT2D eigenvalue weighted by molar-refractivity contribution is 4.66. The molecule has 2 heteroatoms. The van der Waals surface area contributed by atoms with Crippen LogP contribution in [-0.4, -0.2) is 37.1 Å². The number of hydrogen-bond acceptors (Lipinski definition) is 2. The molecule has 0 aliphatic carbocycles. The minimum atomic E-state index is 0.693. The van der Waals surface area contributed by atoms with Gasteiger partial charge >= 0.3 is 0 Å². The Bertz CT molecular complexity index is 119. The second-order valence-electron chi connectivity index (χ2n) is 4.17. The summed E-state index contributed by atoms with van der Waals surface area (Å²) in [6, 6.07) is 0.693. The van der Waals surface area contributed by atoms with Crippen molar-refractivity contribution in [3.8, 4) is 0 Å². The summed E-state index contributed by atoms with van der Waals surface area (Å²) in [6.07, 6.45) is 5.38. The van der Waals surface area contributed by atoms with Gasteiger partial charge in [-0.05, 0) is 58.8 Å². The maximum atomic E-state index is 3.53. The molecule has 13 heavy (non-hydrogen) atoms. The minimum absolute atomic E-state index is 0.693. The second kappa shape index (κ2) is 6.39. The zero-order valence-electron chi connectivity index (χ0n) is 9.18. The lowest BCUT2D eigenvalue weighted by Crippen LogP contribution is -2.29. The second-order valence-corrected chi connectivity index (χ2v) is 4.17. The molecule has 0 radical (unpaired) electrons.